The fraction of sp³-hybridized carbons (Fsp3) is 0.0769. The molecule has 114 valence electrons. The van der Waals surface area contributed by atoms with Gasteiger partial charge in [0, 0.05) is 12.7 Å². The van der Waals surface area contributed by atoms with Gasteiger partial charge >= 0.3 is 11.7 Å². The molecule has 0 unspecified atom stereocenters. The highest BCUT2D eigenvalue weighted by atomic mass is 16.4. The number of nitrogens with zero attached hydrogens (tertiary/aromatic N) is 7. The Labute approximate surface area is 128 Å². The molecular formula is C13H10N8O2. The smallest absolute Gasteiger partial charge is 0.352 e. The van der Waals surface area contributed by atoms with Gasteiger partial charge in [0.05, 0.1) is 0 Å². The molecule has 23 heavy (non-hydrogen) atoms. The number of aromatic nitrogens is 7. The van der Waals surface area contributed by atoms with Crippen molar-refractivity contribution in [2.45, 2.75) is 0 Å². The lowest BCUT2D eigenvalue weighted by atomic mass is 10.3. The van der Waals surface area contributed by atoms with E-state index in [4.69, 9.17) is 4.42 Å². The van der Waals surface area contributed by atoms with Gasteiger partial charge in [-0.25, -0.2) is 14.2 Å². The zero-order valence-electron chi connectivity index (χ0n) is 11.9. The molecule has 4 rings (SSSR count). The lowest BCUT2D eigenvalue weighted by Crippen LogP contribution is -2.26. The molecule has 3 aromatic heterocycles. The van der Waals surface area contributed by atoms with E-state index in [1.807, 2.05) is 30.3 Å². The second-order valence-electron chi connectivity index (χ2n) is 4.69. The van der Waals surface area contributed by atoms with Gasteiger partial charge in [-0.1, -0.05) is 28.5 Å². The van der Waals surface area contributed by atoms with E-state index in [-0.39, 0.29) is 23.2 Å². The fourth-order valence-electron chi connectivity index (χ4n) is 2.05. The molecule has 0 atom stereocenters. The molecule has 0 saturated heterocycles. The Hall–Kier alpha value is -3.56. The van der Waals surface area contributed by atoms with E-state index in [1.54, 1.807) is 0 Å². The van der Waals surface area contributed by atoms with Gasteiger partial charge in [-0.15, -0.1) is 10.2 Å². The average molecular weight is 310 g/mol. The van der Waals surface area contributed by atoms with Crippen LogP contribution in [-0.4, -0.2) is 34.6 Å². The third-order valence-electron chi connectivity index (χ3n) is 3.15. The Bertz CT molecular complexity index is 1030. The quantitative estimate of drug-likeness (QED) is 0.585. The number of hydrogen-bond acceptors (Lipinski definition) is 8. The minimum Gasteiger partial charge on any atom is -0.401 e. The minimum absolute atomic E-state index is 0.147. The Balaban J connectivity index is 1.72. The van der Waals surface area contributed by atoms with Crippen LogP contribution in [0.1, 0.15) is 0 Å². The molecule has 10 heteroatoms. The van der Waals surface area contributed by atoms with Gasteiger partial charge in [0.15, 0.2) is 11.3 Å². The van der Waals surface area contributed by atoms with Crippen LogP contribution in [0, 0.1) is 0 Å². The largest absolute Gasteiger partial charge is 0.401 e. The van der Waals surface area contributed by atoms with Crippen LogP contribution < -0.4 is 11.0 Å². The van der Waals surface area contributed by atoms with E-state index in [0.29, 0.717) is 5.69 Å². The van der Waals surface area contributed by atoms with Gasteiger partial charge < -0.3 is 9.73 Å². The second-order valence-corrected chi connectivity index (χ2v) is 4.69. The third-order valence-corrected chi connectivity index (χ3v) is 3.15. The molecule has 0 fully saturated rings. The predicted molar refractivity (Wildman–Crippen MR) is 79.0 cm³/mol. The topological polar surface area (TPSA) is 116 Å². The summed E-state index contributed by atoms with van der Waals surface area (Å²) in [5.74, 6) is 0.147. The molecule has 0 saturated carbocycles. The van der Waals surface area contributed by atoms with Crippen molar-refractivity contribution in [3.8, 4) is 11.6 Å². The lowest BCUT2D eigenvalue weighted by molar-refractivity contribution is 0.584. The molecule has 0 aliphatic carbocycles. The van der Waals surface area contributed by atoms with Crippen LogP contribution in [0.5, 0.6) is 0 Å². The van der Waals surface area contributed by atoms with Crippen molar-refractivity contribution >= 4 is 17.3 Å². The number of hydrogen-bond donors (Lipinski definition) is 1. The molecule has 0 spiro atoms. The highest BCUT2D eigenvalue weighted by molar-refractivity contribution is 5.67. The van der Waals surface area contributed by atoms with Crippen LogP contribution in [-0.2, 0) is 7.05 Å². The molecule has 3 heterocycles. The SMILES string of the molecule is Cn1nnc2c(-c3nnc(Nc4ccccc4)o3)ncn2c1=O. The normalized spacial score (nSPS) is 11.0. The zero-order valence-corrected chi connectivity index (χ0v) is 11.9. The summed E-state index contributed by atoms with van der Waals surface area (Å²) >= 11 is 0. The van der Waals surface area contributed by atoms with Crippen LogP contribution in [0.4, 0.5) is 11.7 Å². The van der Waals surface area contributed by atoms with Crippen molar-refractivity contribution in [3.63, 3.8) is 0 Å². The van der Waals surface area contributed by atoms with E-state index < -0.39 is 0 Å². The molecule has 0 aliphatic heterocycles. The Morgan fingerprint density at radius 2 is 1.96 bits per heavy atom. The maximum Gasteiger partial charge on any atom is 0.352 e. The monoisotopic (exact) mass is 310 g/mol. The zero-order chi connectivity index (χ0) is 15.8. The highest BCUT2D eigenvalue weighted by Crippen LogP contribution is 2.22. The first-order chi connectivity index (χ1) is 11.2. The van der Waals surface area contributed by atoms with E-state index in [9.17, 15) is 4.79 Å². The molecular weight excluding hydrogens is 300 g/mol. The minimum atomic E-state index is -0.365. The average Bonchev–Trinajstić information content (AvgIpc) is 3.19. The summed E-state index contributed by atoms with van der Waals surface area (Å²) in [6, 6.07) is 9.61. The van der Waals surface area contributed by atoms with Crippen LogP contribution in [0.15, 0.2) is 45.9 Å². The summed E-state index contributed by atoms with van der Waals surface area (Å²) in [6.45, 7) is 0. The number of imidazole rings is 1. The molecule has 0 aliphatic rings. The van der Waals surface area contributed by atoms with Gasteiger partial charge in [-0.2, -0.15) is 4.68 Å². The maximum absolute atomic E-state index is 11.9. The summed E-state index contributed by atoms with van der Waals surface area (Å²) in [5.41, 5.74) is 0.994. The van der Waals surface area contributed by atoms with Crippen LogP contribution in [0.2, 0.25) is 0 Å². The maximum atomic E-state index is 11.9. The fourth-order valence-corrected chi connectivity index (χ4v) is 2.05. The second kappa shape index (κ2) is 5.02. The summed E-state index contributed by atoms with van der Waals surface area (Å²) in [7, 11) is 1.50. The first kappa shape index (κ1) is 13.1. The summed E-state index contributed by atoms with van der Waals surface area (Å²) < 4.78 is 7.89. The van der Waals surface area contributed by atoms with E-state index in [1.165, 1.54) is 17.8 Å². The van der Waals surface area contributed by atoms with Gasteiger partial charge in [0.2, 0.25) is 0 Å². The molecule has 4 aromatic rings. The number of aryl methyl sites for hydroxylation is 1. The Kier molecular flexibility index (Phi) is 2.86. The van der Waals surface area contributed by atoms with Crippen molar-refractivity contribution in [1.29, 1.82) is 0 Å². The van der Waals surface area contributed by atoms with Crippen molar-refractivity contribution in [3.05, 3.63) is 47.1 Å². The number of nitrogens with one attached hydrogen (secondary N) is 1. The van der Waals surface area contributed by atoms with E-state index in [0.717, 1.165) is 10.4 Å². The third kappa shape index (κ3) is 2.21. The van der Waals surface area contributed by atoms with Crippen molar-refractivity contribution < 1.29 is 4.42 Å². The molecule has 1 N–H and O–H groups in total. The molecule has 0 amide bonds. The molecule has 1 aromatic carbocycles. The highest BCUT2D eigenvalue weighted by Gasteiger charge is 2.17. The number of para-hydroxylation sites is 1. The van der Waals surface area contributed by atoms with Gasteiger partial charge in [-0.3, -0.25) is 0 Å². The molecule has 0 bridgehead atoms. The lowest BCUT2D eigenvalue weighted by Gasteiger charge is -1.98. The first-order valence-corrected chi connectivity index (χ1v) is 6.65. The van der Waals surface area contributed by atoms with E-state index in [2.05, 4.69) is 30.8 Å². The number of rotatable bonds is 3. The van der Waals surface area contributed by atoms with Crippen molar-refractivity contribution in [2.75, 3.05) is 5.32 Å². The first-order valence-electron chi connectivity index (χ1n) is 6.65. The summed E-state index contributed by atoms with van der Waals surface area (Å²) in [6.07, 6.45) is 1.34. The van der Waals surface area contributed by atoms with Crippen LogP contribution in [0.25, 0.3) is 17.2 Å². The van der Waals surface area contributed by atoms with Gasteiger partial charge in [0.25, 0.3) is 5.89 Å². The van der Waals surface area contributed by atoms with Crippen molar-refractivity contribution in [2.24, 2.45) is 7.05 Å². The van der Waals surface area contributed by atoms with Crippen LogP contribution in [0.3, 0.4) is 0 Å². The number of fused-ring (bicyclic) bond motifs is 1. The standard InChI is InChI=1S/C13H10N8O2/c1-20-13(22)21-7-14-9(10(21)16-19-20)11-17-18-12(23-11)15-8-5-3-2-4-6-8/h2-7H,1H3,(H,15,18). The van der Waals surface area contributed by atoms with E-state index >= 15 is 0 Å². The van der Waals surface area contributed by atoms with Gasteiger partial charge in [0.1, 0.15) is 6.33 Å². The Morgan fingerprint density at radius 3 is 2.78 bits per heavy atom. The van der Waals surface area contributed by atoms with Crippen LogP contribution >= 0.6 is 0 Å². The predicted octanol–water partition coefficient (Wildman–Crippen LogP) is 0.617. The van der Waals surface area contributed by atoms with Crippen molar-refractivity contribution in [1.82, 2.24) is 34.6 Å². The Morgan fingerprint density at radius 1 is 1.13 bits per heavy atom. The van der Waals surface area contributed by atoms with Gasteiger partial charge in [-0.05, 0) is 12.1 Å². The molecule has 0 radical (unpaired) electrons. The molecule has 10 nitrogen and oxygen atoms in total. The number of anilines is 2. The summed E-state index contributed by atoms with van der Waals surface area (Å²) in [5, 5.41) is 18.5. The summed E-state index contributed by atoms with van der Waals surface area (Å²) in [4.78, 5) is 16.0. The number of benzene rings is 1.